The van der Waals surface area contributed by atoms with Crippen molar-refractivity contribution in [2.75, 3.05) is 13.7 Å². The SMILES string of the molecule is CC[C@@H](NC(=O)N(C)C(C)CO)C(=O)O. The Morgan fingerprint density at radius 1 is 1.47 bits per heavy atom. The van der Waals surface area contributed by atoms with Crippen LogP contribution in [-0.4, -0.2) is 52.9 Å². The lowest BCUT2D eigenvalue weighted by atomic mass is 10.2. The van der Waals surface area contributed by atoms with Crippen LogP contribution in [0.25, 0.3) is 0 Å². The molecule has 0 rings (SSSR count). The van der Waals surface area contributed by atoms with E-state index in [9.17, 15) is 9.59 Å². The van der Waals surface area contributed by atoms with Gasteiger partial charge in [0, 0.05) is 7.05 Å². The van der Waals surface area contributed by atoms with Gasteiger partial charge < -0.3 is 20.4 Å². The van der Waals surface area contributed by atoms with Crippen molar-refractivity contribution in [1.82, 2.24) is 10.2 Å². The number of carboxylic acid groups (broad SMARTS) is 1. The number of aliphatic hydroxyl groups is 1. The maximum absolute atomic E-state index is 11.5. The predicted molar refractivity (Wildman–Crippen MR) is 54.6 cm³/mol. The lowest BCUT2D eigenvalue weighted by molar-refractivity contribution is -0.139. The molecule has 0 saturated heterocycles. The number of aliphatic carboxylic acids is 1. The van der Waals surface area contributed by atoms with Crippen LogP contribution in [-0.2, 0) is 4.79 Å². The maximum atomic E-state index is 11.5. The average Bonchev–Trinajstić information content (AvgIpc) is 2.22. The van der Waals surface area contributed by atoms with Crippen LogP contribution in [0.15, 0.2) is 0 Å². The third kappa shape index (κ3) is 4.16. The first-order chi connectivity index (χ1) is 6.93. The molecule has 0 aliphatic carbocycles. The minimum absolute atomic E-state index is 0.159. The van der Waals surface area contributed by atoms with E-state index in [1.54, 1.807) is 13.8 Å². The molecule has 6 heteroatoms. The van der Waals surface area contributed by atoms with Crippen molar-refractivity contribution in [1.29, 1.82) is 0 Å². The fraction of sp³-hybridized carbons (Fsp3) is 0.778. The van der Waals surface area contributed by atoms with Gasteiger partial charge in [-0.2, -0.15) is 0 Å². The van der Waals surface area contributed by atoms with E-state index < -0.39 is 18.0 Å². The summed E-state index contributed by atoms with van der Waals surface area (Å²) in [4.78, 5) is 23.4. The van der Waals surface area contributed by atoms with Gasteiger partial charge in [0.2, 0.25) is 0 Å². The number of aliphatic hydroxyl groups excluding tert-OH is 1. The first-order valence-electron chi connectivity index (χ1n) is 4.81. The van der Waals surface area contributed by atoms with Crippen molar-refractivity contribution in [3.63, 3.8) is 0 Å². The van der Waals surface area contributed by atoms with E-state index in [1.807, 2.05) is 0 Å². The molecule has 15 heavy (non-hydrogen) atoms. The van der Waals surface area contributed by atoms with E-state index in [2.05, 4.69) is 5.32 Å². The summed E-state index contributed by atoms with van der Waals surface area (Å²) in [6.07, 6.45) is 0.322. The Morgan fingerprint density at radius 3 is 2.33 bits per heavy atom. The molecule has 0 bridgehead atoms. The number of carbonyl (C=O) groups is 2. The van der Waals surface area contributed by atoms with Crippen LogP contribution in [0.3, 0.4) is 0 Å². The summed E-state index contributed by atoms with van der Waals surface area (Å²) in [6.45, 7) is 3.18. The van der Waals surface area contributed by atoms with Crippen LogP contribution < -0.4 is 5.32 Å². The van der Waals surface area contributed by atoms with Crippen LogP contribution in [0.2, 0.25) is 0 Å². The van der Waals surface area contributed by atoms with Gasteiger partial charge in [0.15, 0.2) is 0 Å². The van der Waals surface area contributed by atoms with Gasteiger partial charge in [-0.15, -0.1) is 0 Å². The molecule has 0 saturated carbocycles. The fourth-order valence-electron chi connectivity index (χ4n) is 0.912. The quantitative estimate of drug-likeness (QED) is 0.599. The van der Waals surface area contributed by atoms with E-state index >= 15 is 0 Å². The van der Waals surface area contributed by atoms with Gasteiger partial charge in [0.05, 0.1) is 12.6 Å². The Morgan fingerprint density at radius 2 is 2.00 bits per heavy atom. The summed E-state index contributed by atoms with van der Waals surface area (Å²) in [5.74, 6) is -1.06. The molecule has 0 aromatic rings. The van der Waals surface area contributed by atoms with Crippen molar-refractivity contribution in [3.05, 3.63) is 0 Å². The summed E-state index contributed by atoms with van der Waals surface area (Å²) in [6, 6.07) is -1.71. The Balaban J connectivity index is 4.28. The highest BCUT2D eigenvalue weighted by atomic mass is 16.4. The number of amides is 2. The van der Waals surface area contributed by atoms with Gasteiger partial charge in [-0.3, -0.25) is 0 Å². The zero-order chi connectivity index (χ0) is 12.0. The molecule has 0 heterocycles. The molecule has 0 spiro atoms. The third-order valence-corrected chi connectivity index (χ3v) is 2.25. The number of nitrogens with zero attached hydrogens (tertiary/aromatic N) is 1. The second kappa shape index (κ2) is 6.23. The zero-order valence-electron chi connectivity index (χ0n) is 9.23. The average molecular weight is 218 g/mol. The Kier molecular flexibility index (Phi) is 5.69. The Labute approximate surface area is 88.9 Å². The molecule has 3 N–H and O–H groups in total. The summed E-state index contributed by atoms with van der Waals surface area (Å²) < 4.78 is 0. The van der Waals surface area contributed by atoms with Crippen LogP contribution in [0, 0.1) is 0 Å². The topological polar surface area (TPSA) is 89.9 Å². The highest BCUT2D eigenvalue weighted by Crippen LogP contribution is 1.98. The lowest BCUT2D eigenvalue weighted by Gasteiger charge is -2.25. The molecule has 6 nitrogen and oxygen atoms in total. The van der Waals surface area contributed by atoms with E-state index in [0.717, 1.165) is 0 Å². The molecule has 0 fully saturated rings. The number of carboxylic acids is 1. The first-order valence-corrected chi connectivity index (χ1v) is 4.81. The monoisotopic (exact) mass is 218 g/mol. The van der Waals surface area contributed by atoms with Crippen molar-refractivity contribution in [2.45, 2.75) is 32.4 Å². The molecule has 0 aromatic heterocycles. The van der Waals surface area contributed by atoms with Gasteiger partial charge in [-0.1, -0.05) is 6.92 Å². The molecular formula is C9H18N2O4. The molecule has 0 aliphatic rings. The molecule has 88 valence electrons. The van der Waals surface area contributed by atoms with Gasteiger partial charge in [0.1, 0.15) is 6.04 Å². The van der Waals surface area contributed by atoms with Gasteiger partial charge >= 0.3 is 12.0 Å². The van der Waals surface area contributed by atoms with Crippen LogP contribution >= 0.6 is 0 Å². The molecule has 2 amide bonds. The van der Waals surface area contributed by atoms with Crippen molar-refractivity contribution in [3.8, 4) is 0 Å². The molecule has 1 unspecified atom stereocenters. The zero-order valence-corrected chi connectivity index (χ0v) is 9.23. The van der Waals surface area contributed by atoms with E-state index in [4.69, 9.17) is 10.2 Å². The van der Waals surface area contributed by atoms with Crippen molar-refractivity contribution >= 4 is 12.0 Å². The van der Waals surface area contributed by atoms with E-state index in [-0.39, 0.29) is 12.6 Å². The number of nitrogens with one attached hydrogen (secondary N) is 1. The van der Waals surface area contributed by atoms with Crippen LogP contribution in [0.4, 0.5) is 4.79 Å². The smallest absolute Gasteiger partial charge is 0.326 e. The number of carbonyl (C=O) groups excluding carboxylic acids is 1. The number of rotatable bonds is 5. The number of hydrogen-bond donors (Lipinski definition) is 3. The molecule has 0 aromatic carbocycles. The van der Waals surface area contributed by atoms with Gasteiger partial charge in [-0.05, 0) is 13.3 Å². The van der Waals surface area contributed by atoms with Crippen molar-refractivity contribution < 1.29 is 19.8 Å². The second-order valence-electron chi connectivity index (χ2n) is 3.39. The molecule has 0 aliphatic heterocycles. The number of urea groups is 1. The minimum Gasteiger partial charge on any atom is -0.480 e. The lowest BCUT2D eigenvalue weighted by Crippen LogP contribution is -2.49. The maximum Gasteiger partial charge on any atom is 0.326 e. The third-order valence-electron chi connectivity index (χ3n) is 2.25. The minimum atomic E-state index is -1.06. The van der Waals surface area contributed by atoms with E-state index in [0.29, 0.717) is 6.42 Å². The van der Waals surface area contributed by atoms with Crippen molar-refractivity contribution in [2.24, 2.45) is 0 Å². The fourth-order valence-corrected chi connectivity index (χ4v) is 0.912. The van der Waals surface area contributed by atoms with Crippen LogP contribution in [0.1, 0.15) is 20.3 Å². The summed E-state index contributed by atoms with van der Waals surface area (Å²) >= 11 is 0. The predicted octanol–water partition coefficient (Wildman–Crippen LogP) is -0.128. The Bertz CT molecular complexity index is 232. The van der Waals surface area contributed by atoms with Gasteiger partial charge in [0.25, 0.3) is 0 Å². The van der Waals surface area contributed by atoms with Crippen LogP contribution in [0.5, 0.6) is 0 Å². The van der Waals surface area contributed by atoms with Gasteiger partial charge in [-0.25, -0.2) is 9.59 Å². The molecular weight excluding hydrogens is 200 g/mol. The summed E-state index contributed by atoms with van der Waals surface area (Å²) in [5, 5.41) is 19.9. The second-order valence-corrected chi connectivity index (χ2v) is 3.39. The summed E-state index contributed by atoms with van der Waals surface area (Å²) in [7, 11) is 1.50. The largest absolute Gasteiger partial charge is 0.480 e. The highest BCUT2D eigenvalue weighted by Gasteiger charge is 2.21. The highest BCUT2D eigenvalue weighted by molar-refractivity contribution is 5.82. The first kappa shape index (κ1) is 13.7. The van der Waals surface area contributed by atoms with E-state index in [1.165, 1.54) is 11.9 Å². The molecule has 0 radical (unpaired) electrons. The molecule has 2 atom stereocenters. The number of likely N-dealkylation sites (N-methyl/N-ethyl adjacent to an activating group) is 1. The summed E-state index contributed by atoms with van der Waals surface area (Å²) in [5.41, 5.74) is 0. The normalized spacial score (nSPS) is 14.1. The standard InChI is InChI=1S/C9H18N2O4/c1-4-7(8(13)14)10-9(15)11(3)6(2)5-12/h6-7,12H,4-5H2,1-3H3,(H,10,15)(H,13,14)/t6?,7-/m1/s1. The number of hydrogen-bond acceptors (Lipinski definition) is 3. The Hall–Kier alpha value is -1.30.